The Morgan fingerprint density at radius 3 is 2.76 bits per heavy atom. The number of nitrogens with zero attached hydrogens (tertiary/aromatic N) is 3. The highest BCUT2D eigenvalue weighted by molar-refractivity contribution is 5.68. The van der Waals surface area contributed by atoms with E-state index in [9.17, 15) is 0 Å². The number of aromatic nitrogens is 4. The first-order valence-electron chi connectivity index (χ1n) is 6.80. The van der Waals surface area contributed by atoms with E-state index in [1.54, 1.807) is 25.7 Å². The van der Waals surface area contributed by atoms with Crippen molar-refractivity contribution in [3.63, 3.8) is 0 Å². The Morgan fingerprint density at radius 2 is 2.00 bits per heavy atom. The van der Waals surface area contributed by atoms with Gasteiger partial charge >= 0.3 is 0 Å². The number of H-pyrrole nitrogens is 1. The summed E-state index contributed by atoms with van der Waals surface area (Å²) >= 11 is 0. The van der Waals surface area contributed by atoms with E-state index in [1.165, 1.54) is 0 Å². The van der Waals surface area contributed by atoms with Crippen molar-refractivity contribution in [1.82, 2.24) is 19.9 Å². The molecule has 0 aliphatic rings. The van der Waals surface area contributed by atoms with E-state index in [0.717, 1.165) is 40.5 Å². The molecule has 0 aliphatic carbocycles. The number of aromatic amines is 1. The van der Waals surface area contributed by atoms with Gasteiger partial charge in [-0.3, -0.25) is 9.97 Å². The molecule has 3 rings (SSSR count). The van der Waals surface area contributed by atoms with E-state index in [4.69, 9.17) is 4.74 Å². The molecule has 5 heteroatoms. The summed E-state index contributed by atoms with van der Waals surface area (Å²) in [6, 6.07) is 5.89. The molecule has 0 atom stereocenters. The fourth-order valence-corrected chi connectivity index (χ4v) is 2.10. The van der Waals surface area contributed by atoms with Crippen LogP contribution in [0.3, 0.4) is 0 Å². The second-order valence-electron chi connectivity index (χ2n) is 4.65. The average Bonchev–Trinajstić information content (AvgIpc) is 3.04. The maximum atomic E-state index is 5.21. The van der Waals surface area contributed by atoms with Crippen LogP contribution in [-0.4, -0.2) is 27.0 Å². The Kier molecular flexibility index (Phi) is 3.64. The quantitative estimate of drug-likeness (QED) is 0.797. The monoisotopic (exact) mass is 280 g/mol. The first kappa shape index (κ1) is 13.3. The number of nitrogens with one attached hydrogen (secondary N) is 1. The van der Waals surface area contributed by atoms with Gasteiger partial charge in [0.05, 0.1) is 13.3 Å². The fraction of sp³-hybridized carbons (Fsp3) is 0.188. The number of aryl methyl sites for hydroxylation is 1. The third-order valence-electron chi connectivity index (χ3n) is 3.29. The van der Waals surface area contributed by atoms with Gasteiger partial charge in [-0.05, 0) is 30.2 Å². The maximum absolute atomic E-state index is 5.21. The van der Waals surface area contributed by atoms with Gasteiger partial charge < -0.3 is 9.72 Å². The van der Waals surface area contributed by atoms with Crippen molar-refractivity contribution in [2.24, 2.45) is 0 Å². The molecule has 1 N–H and O–H groups in total. The lowest BCUT2D eigenvalue weighted by atomic mass is 10.1. The second kappa shape index (κ2) is 5.75. The first-order valence-corrected chi connectivity index (χ1v) is 6.80. The van der Waals surface area contributed by atoms with Crippen molar-refractivity contribution in [2.45, 2.75) is 13.3 Å². The number of methoxy groups -OCH3 is 1. The van der Waals surface area contributed by atoms with Crippen molar-refractivity contribution in [3.8, 4) is 28.4 Å². The highest BCUT2D eigenvalue weighted by Crippen LogP contribution is 2.25. The van der Waals surface area contributed by atoms with Crippen LogP contribution in [0, 0.1) is 0 Å². The molecule has 0 unspecified atom stereocenters. The molecule has 3 aromatic rings. The molecule has 0 amide bonds. The predicted molar refractivity (Wildman–Crippen MR) is 81.0 cm³/mol. The van der Waals surface area contributed by atoms with Crippen LogP contribution in [0.4, 0.5) is 0 Å². The van der Waals surface area contributed by atoms with Gasteiger partial charge in [0.1, 0.15) is 11.4 Å². The van der Waals surface area contributed by atoms with Crippen LogP contribution in [0.15, 0.2) is 43.0 Å². The summed E-state index contributed by atoms with van der Waals surface area (Å²) in [6.45, 7) is 2.09. The normalized spacial score (nSPS) is 10.6. The van der Waals surface area contributed by atoms with Gasteiger partial charge in [0.2, 0.25) is 0 Å². The van der Waals surface area contributed by atoms with E-state index < -0.39 is 0 Å². The van der Waals surface area contributed by atoms with E-state index in [-0.39, 0.29) is 0 Å². The lowest BCUT2D eigenvalue weighted by Gasteiger charge is -2.05. The summed E-state index contributed by atoms with van der Waals surface area (Å²) in [5.41, 5.74) is 3.93. The number of ether oxygens (including phenoxy) is 1. The molecule has 0 saturated heterocycles. The molecule has 0 radical (unpaired) electrons. The van der Waals surface area contributed by atoms with Crippen molar-refractivity contribution in [3.05, 3.63) is 48.7 Å². The van der Waals surface area contributed by atoms with Gasteiger partial charge in [-0.1, -0.05) is 6.92 Å². The predicted octanol–water partition coefficient (Wildman–Crippen LogP) is 3.10. The zero-order chi connectivity index (χ0) is 14.7. The van der Waals surface area contributed by atoms with E-state index >= 15 is 0 Å². The standard InChI is InChI=1S/C16H16N4O/c1-3-13-9-19-16(20-13)15-7-11(4-5-18-15)12-6-14(21-2)10-17-8-12/h4-10H,3H2,1-2H3,(H,19,20). The summed E-state index contributed by atoms with van der Waals surface area (Å²) in [4.78, 5) is 16.2. The molecule has 0 aliphatic heterocycles. The summed E-state index contributed by atoms with van der Waals surface area (Å²) in [5, 5.41) is 0. The van der Waals surface area contributed by atoms with E-state index in [2.05, 4.69) is 26.9 Å². The maximum Gasteiger partial charge on any atom is 0.156 e. The van der Waals surface area contributed by atoms with Gasteiger partial charge in [-0.2, -0.15) is 0 Å². The molecule has 21 heavy (non-hydrogen) atoms. The molecule has 5 nitrogen and oxygen atoms in total. The molecular formula is C16H16N4O. The Balaban J connectivity index is 1.99. The SMILES string of the molecule is CCc1cnc(-c2cc(-c3cncc(OC)c3)ccn2)[nH]1. The summed E-state index contributed by atoms with van der Waals surface area (Å²) in [5.74, 6) is 1.52. The van der Waals surface area contributed by atoms with Gasteiger partial charge in [-0.25, -0.2) is 4.98 Å². The lowest BCUT2D eigenvalue weighted by Crippen LogP contribution is -1.89. The third kappa shape index (κ3) is 2.76. The molecule has 0 bridgehead atoms. The van der Waals surface area contributed by atoms with Gasteiger partial charge in [-0.15, -0.1) is 0 Å². The Labute approximate surface area is 123 Å². The zero-order valence-electron chi connectivity index (χ0n) is 12.0. The van der Waals surface area contributed by atoms with Gasteiger partial charge in [0.15, 0.2) is 5.82 Å². The third-order valence-corrected chi connectivity index (χ3v) is 3.29. The van der Waals surface area contributed by atoms with Gasteiger partial charge in [0, 0.05) is 29.8 Å². The molecule has 3 aromatic heterocycles. The molecule has 0 saturated carbocycles. The highest BCUT2D eigenvalue weighted by Gasteiger charge is 2.07. The minimum atomic E-state index is 0.733. The topological polar surface area (TPSA) is 63.7 Å². The molecule has 0 aromatic carbocycles. The lowest BCUT2D eigenvalue weighted by molar-refractivity contribution is 0.413. The fourth-order valence-electron chi connectivity index (χ4n) is 2.10. The Bertz CT molecular complexity index is 751. The molecule has 106 valence electrons. The molecule has 0 spiro atoms. The molecule has 0 fully saturated rings. The average molecular weight is 280 g/mol. The van der Waals surface area contributed by atoms with Crippen LogP contribution in [-0.2, 0) is 6.42 Å². The minimum Gasteiger partial charge on any atom is -0.495 e. The molecule has 3 heterocycles. The Hall–Kier alpha value is -2.69. The van der Waals surface area contributed by atoms with Gasteiger partial charge in [0.25, 0.3) is 0 Å². The number of rotatable bonds is 4. The second-order valence-corrected chi connectivity index (χ2v) is 4.65. The highest BCUT2D eigenvalue weighted by atomic mass is 16.5. The van der Waals surface area contributed by atoms with Crippen LogP contribution in [0.2, 0.25) is 0 Å². The summed E-state index contributed by atoms with van der Waals surface area (Å²) < 4.78 is 5.21. The zero-order valence-corrected chi connectivity index (χ0v) is 12.0. The minimum absolute atomic E-state index is 0.733. The number of pyridine rings is 2. The van der Waals surface area contributed by atoms with Crippen LogP contribution >= 0.6 is 0 Å². The van der Waals surface area contributed by atoms with Crippen LogP contribution < -0.4 is 4.74 Å². The summed E-state index contributed by atoms with van der Waals surface area (Å²) in [6.07, 6.45) is 8.04. The van der Waals surface area contributed by atoms with Crippen LogP contribution in [0.25, 0.3) is 22.6 Å². The first-order chi connectivity index (χ1) is 10.3. The summed E-state index contributed by atoms with van der Waals surface area (Å²) in [7, 11) is 1.63. The molecular weight excluding hydrogens is 264 g/mol. The van der Waals surface area contributed by atoms with E-state index in [1.807, 2.05) is 24.4 Å². The number of hydrogen-bond donors (Lipinski definition) is 1. The van der Waals surface area contributed by atoms with E-state index in [0.29, 0.717) is 0 Å². The van der Waals surface area contributed by atoms with Crippen molar-refractivity contribution >= 4 is 0 Å². The largest absolute Gasteiger partial charge is 0.495 e. The van der Waals surface area contributed by atoms with Crippen molar-refractivity contribution in [1.29, 1.82) is 0 Å². The van der Waals surface area contributed by atoms with Crippen molar-refractivity contribution < 1.29 is 4.74 Å². The van der Waals surface area contributed by atoms with Crippen molar-refractivity contribution in [2.75, 3.05) is 7.11 Å². The number of imidazole rings is 1. The Morgan fingerprint density at radius 1 is 1.10 bits per heavy atom. The number of hydrogen-bond acceptors (Lipinski definition) is 4. The smallest absolute Gasteiger partial charge is 0.156 e. The van der Waals surface area contributed by atoms with Crippen LogP contribution in [0.1, 0.15) is 12.6 Å². The van der Waals surface area contributed by atoms with Crippen LogP contribution in [0.5, 0.6) is 5.75 Å².